The van der Waals surface area contributed by atoms with Gasteiger partial charge < -0.3 is 8.83 Å². The molecular weight excluding hydrogens is 825 g/mol. The first-order valence-electron chi connectivity index (χ1n) is 24.4. The van der Waals surface area contributed by atoms with E-state index in [1.165, 1.54) is 122 Å². The number of hydrogen-bond acceptors (Lipinski definition) is 2. The largest absolute Gasteiger partial charge is 0.455 e. The van der Waals surface area contributed by atoms with E-state index in [4.69, 9.17) is 8.83 Å². The molecule has 15 rings (SSSR count). The van der Waals surface area contributed by atoms with Gasteiger partial charge in [-0.3, -0.25) is 0 Å². The standard InChI is InChI=1S/C66H50O2/c1-63(2)47-21-13-9-17-37(47)45-31-35(25-29-49(45)63)43-33-51-57(61-55(43)39-19-11-15-23-53(39)67-61)41-27-28-42-58-52(66(7,8)60(42)59(41)65(51,5)6)34-44(56-40-20-12-16-24-54(40)68-62(56)58)36-26-30-50-46(32-36)38-18-10-14-22-48(38)64(50,3)4/h9-34H,1-8H3. The number of para-hydroxylation sites is 2. The van der Waals surface area contributed by atoms with Crippen LogP contribution in [0.1, 0.15) is 99.9 Å². The molecule has 0 radical (unpaired) electrons. The maximum absolute atomic E-state index is 7.13. The van der Waals surface area contributed by atoms with Crippen LogP contribution in [0.3, 0.4) is 0 Å². The molecule has 2 aromatic heterocycles. The minimum atomic E-state index is -0.349. The number of furan rings is 2. The van der Waals surface area contributed by atoms with E-state index in [2.05, 4.69) is 213 Å². The Morgan fingerprint density at radius 2 is 0.676 bits per heavy atom. The predicted molar refractivity (Wildman–Crippen MR) is 282 cm³/mol. The van der Waals surface area contributed by atoms with Crippen molar-refractivity contribution in [2.24, 2.45) is 0 Å². The Labute approximate surface area is 396 Å². The fourth-order valence-electron chi connectivity index (χ4n) is 14.1. The summed E-state index contributed by atoms with van der Waals surface area (Å²) in [5, 5.41) is 4.68. The third kappa shape index (κ3) is 4.51. The highest BCUT2D eigenvalue weighted by Crippen LogP contribution is 2.64. The highest BCUT2D eigenvalue weighted by molar-refractivity contribution is 6.21. The highest BCUT2D eigenvalue weighted by atomic mass is 16.3. The number of fused-ring (bicyclic) bond motifs is 21. The van der Waals surface area contributed by atoms with Gasteiger partial charge in [0.05, 0.1) is 0 Å². The molecule has 0 atom stereocenters. The molecule has 11 aromatic rings. The maximum atomic E-state index is 7.13. The van der Waals surface area contributed by atoms with Crippen molar-refractivity contribution < 1.29 is 8.83 Å². The molecule has 0 aliphatic heterocycles. The van der Waals surface area contributed by atoms with E-state index in [9.17, 15) is 0 Å². The maximum Gasteiger partial charge on any atom is 0.144 e. The summed E-state index contributed by atoms with van der Waals surface area (Å²) in [6, 6.07) is 59.4. The Bertz CT molecular complexity index is 3870. The minimum Gasteiger partial charge on any atom is -0.455 e. The first-order valence-corrected chi connectivity index (χ1v) is 24.4. The van der Waals surface area contributed by atoms with E-state index in [1.54, 1.807) is 0 Å². The topological polar surface area (TPSA) is 26.3 Å². The summed E-state index contributed by atoms with van der Waals surface area (Å²) in [6.07, 6.45) is 0. The van der Waals surface area contributed by atoms with Gasteiger partial charge in [-0.1, -0.05) is 177 Å². The molecule has 0 bridgehead atoms. The van der Waals surface area contributed by atoms with Crippen LogP contribution in [0.25, 0.3) is 111 Å². The first kappa shape index (κ1) is 38.7. The zero-order valence-electron chi connectivity index (χ0n) is 39.8. The van der Waals surface area contributed by atoms with Crippen LogP contribution in [0.5, 0.6) is 0 Å². The predicted octanol–water partition coefficient (Wildman–Crippen LogP) is 18.0. The van der Waals surface area contributed by atoms with Gasteiger partial charge in [0.25, 0.3) is 0 Å². The summed E-state index contributed by atoms with van der Waals surface area (Å²) >= 11 is 0. The van der Waals surface area contributed by atoms with Crippen molar-refractivity contribution in [1.29, 1.82) is 0 Å². The van der Waals surface area contributed by atoms with Crippen molar-refractivity contribution in [2.45, 2.75) is 77.0 Å². The van der Waals surface area contributed by atoms with Crippen LogP contribution < -0.4 is 0 Å². The molecule has 0 saturated carbocycles. The molecule has 0 N–H and O–H groups in total. The zero-order chi connectivity index (χ0) is 46.0. The molecule has 326 valence electrons. The lowest BCUT2D eigenvalue weighted by molar-refractivity contribution is 0.600. The van der Waals surface area contributed by atoms with E-state index in [1.807, 2.05) is 0 Å². The Hall–Kier alpha value is -7.42. The molecule has 2 nitrogen and oxygen atoms in total. The Balaban J connectivity index is 0.971. The molecule has 4 aliphatic carbocycles. The van der Waals surface area contributed by atoms with Gasteiger partial charge in [-0.2, -0.15) is 0 Å². The van der Waals surface area contributed by atoms with Crippen molar-refractivity contribution in [1.82, 2.24) is 0 Å². The smallest absolute Gasteiger partial charge is 0.144 e. The summed E-state index contributed by atoms with van der Waals surface area (Å²) in [6.45, 7) is 19.2. The molecule has 0 amide bonds. The van der Waals surface area contributed by atoms with Gasteiger partial charge in [-0.25, -0.2) is 0 Å². The molecule has 9 aromatic carbocycles. The molecule has 2 heteroatoms. The van der Waals surface area contributed by atoms with Gasteiger partial charge in [0.1, 0.15) is 22.3 Å². The van der Waals surface area contributed by atoms with E-state index >= 15 is 0 Å². The van der Waals surface area contributed by atoms with Crippen molar-refractivity contribution in [3.8, 4) is 66.8 Å². The van der Waals surface area contributed by atoms with Crippen LogP contribution in [0.4, 0.5) is 0 Å². The average molecular weight is 875 g/mol. The lowest BCUT2D eigenvalue weighted by Crippen LogP contribution is -2.24. The second-order valence-corrected chi connectivity index (χ2v) is 22.3. The Kier molecular flexibility index (Phi) is 7.03. The summed E-state index contributed by atoms with van der Waals surface area (Å²) in [4.78, 5) is 0. The van der Waals surface area contributed by atoms with Crippen LogP contribution in [-0.4, -0.2) is 0 Å². The van der Waals surface area contributed by atoms with Gasteiger partial charge in [-0.15, -0.1) is 0 Å². The molecule has 0 spiro atoms. The monoisotopic (exact) mass is 874 g/mol. The molecule has 68 heavy (non-hydrogen) atoms. The summed E-state index contributed by atoms with van der Waals surface area (Å²) < 4.78 is 14.3. The minimum absolute atomic E-state index is 0.0618. The molecular formula is C66H50O2. The number of hydrogen-bond donors (Lipinski definition) is 0. The Morgan fingerprint density at radius 1 is 0.294 bits per heavy atom. The SMILES string of the molecule is CC1(C)c2ccccc2-c2cc(-c3cc4c(c5oc6ccccc6c35)-c3ccc5c(c3C4(C)C)C(C)(C)c3cc(-c4ccc6c(c4)-c4ccccc4C6(C)C)c4c(oc6ccccc64)c3-5)ccc21. The highest BCUT2D eigenvalue weighted by Gasteiger charge is 2.49. The molecule has 4 aliphatic rings. The molecule has 2 heterocycles. The van der Waals surface area contributed by atoms with E-state index < -0.39 is 0 Å². The fraction of sp³-hybridized carbons (Fsp3) is 0.182. The summed E-state index contributed by atoms with van der Waals surface area (Å²) in [5.41, 5.74) is 29.1. The third-order valence-electron chi connectivity index (χ3n) is 17.4. The number of benzene rings is 9. The first-order chi connectivity index (χ1) is 32.8. The van der Waals surface area contributed by atoms with Crippen LogP contribution in [-0.2, 0) is 21.7 Å². The average Bonchev–Trinajstić information content (AvgIpc) is 4.13. The van der Waals surface area contributed by atoms with Crippen molar-refractivity contribution in [3.05, 3.63) is 202 Å². The van der Waals surface area contributed by atoms with E-state index in [0.29, 0.717) is 0 Å². The third-order valence-corrected chi connectivity index (χ3v) is 17.4. The fourth-order valence-corrected chi connectivity index (χ4v) is 14.1. The van der Waals surface area contributed by atoms with Crippen molar-refractivity contribution in [2.75, 3.05) is 0 Å². The number of rotatable bonds is 2. The van der Waals surface area contributed by atoms with Crippen LogP contribution >= 0.6 is 0 Å². The Morgan fingerprint density at radius 3 is 1.12 bits per heavy atom. The van der Waals surface area contributed by atoms with Crippen LogP contribution in [0.2, 0.25) is 0 Å². The van der Waals surface area contributed by atoms with E-state index in [-0.39, 0.29) is 21.7 Å². The summed E-state index contributed by atoms with van der Waals surface area (Å²) in [7, 11) is 0. The second kappa shape index (κ2) is 12.4. The van der Waals surface area contributed by atoms with Crippen LogP contribution in [0.15, 0.2) is 167 Å². The summed E-state index contributed by atoms with van der Waals surface area (Å²) in [5.74, 6) is 0. The van der Waals surface area contributed by atoms with Gasteiger partial charge in [-0.05, 0) is 137 Å². The van der Waals surface area contributed by atoms with Gasteiger partial charge in [0.15, 0.2) is 0 Å². The lowest BCUT2D eigenvalue weighted by atomic mass is 9.72. The molecule has 0 unspecified atom stereocenters. The second-order valence-electron chi connectivity index (χ2n) is 22.3. The zero-order valence-corrected chi connectivity index (χ0v) is 39.8. The molecule has 0 fully saturated rings. The van der Waals surface area contributed by atoms with Crippen molar-refractivity contribution in [3.63, 3.8) is 0 Å². The van der Waals surface area contributed by atoms with Crippen LogP contribution in [0, 0.1) is 0 Å². The van der Waals surface area contributed by atoms with Gasteiger partial charge in [0.2, 0.25) is 0 Å². The van der Waals surface area contributed by atoms with Gasteiger partial charge in [0, 0.05) is 54.3 Å². The quantitative estimate of drug-likeness (QED) is 0.173. The molecule has 0 saturated heterocycles. The lowest BCUT2D eigenvalue weighted by Gasteiger charge is -2.31. The van der Waals surface area contributed by atoms with Crippen molar-refractivity contribution >= 4 is 43.9 Å². The van der Waals surface area contributed by atoms with E-state index in [0.717, 1.165) is 33.1 Å². The normalized spacial score (nSPS) is 16.7. The van der Waals surface area contributed by atoms with Gasteiger partial charge >= 0.3 is 0 Å².